The van der Waals surface area contributed by atoms with Gasteiger partial charge in [-0.15, -0.1) is 0 Å². The number of alkyl halides is 1. The van der Waals surface area contributed by atoms with Crippen molar-refractivity contribution in [3.8, 4) is 0 Å². The van der Waals surface area contributed by atoms with E-state index >= 15 is 0 Å². The van der Waals surface area contributed by atoms with Gasteiger partial charge < -0.3 is 4.90 Å². The van der Waals surface area contributed by atoms with E-state index in [4.69, 9.17) is 11.6 Å². The molecule has 1 unspecified atom stereocenters. The van der Waals surface area contributed by atoms with Crippen LogP contribution in [0.3, 0.4) is 0 Å². The Hall–Kier alpha value is -1.28. The van der Waals surface area contributed by atoms with Crippen LogP contribution in [0.15, 0.2) is 42.8 Å². The Balaban J connectivity index is 2.35. The molecule has 1 aliphatic heterocycles. The first-order valence-corrected chi connectivity index (χ1v) is 4.88. The van der Waals surface area contributed by atoms with Crippen LogP contribution in [0.1, 0.15) is 5.56 Å². The minimum atomic E-state index is -0.0739. The molecule has 0 fully saturated rings. The lowest BCUT2D eigenvalue weighted by Gasteiger charge is -2.28. The van der Waals surface area contributed by atoms with E-state index in [9.17, 15) is 0 Å². The number of likely N-dealkylation sites (N-methyl/N-ethyl adjacent to an activating group) is 1. The quantitative estimate of drug-likeness (QED) is 0.519. The highest BCUT2D eigenvalue weighted by atomic mass is 35.5. The van der Waals surface area contributed by atoms with Gasteiger partial charge in [-0.05, 0) is 24.3 Å². The van der Waals surface area contributed by atoms with Crippen LogP contribution >= 0.6 is 11.6 Å². The lowest BCUT2D eigenvalue weighted by molar-refractivity contribution is 0.492. The predicted octanol–water partition coefficient (Wildman–Crippen LogP) is 2.49. The summed E-state index contributed by atoms with van der Waals surface area (Å²) in [5.41, 5.74) is 2.11. The normalized spacial score (nSPS) is 20.9. The number of rotatable bonds is 1. The number of allylic oxidation sites excluding steroid dienone is 2. The van der Waals surface area contributed by atoms with Gasteiger partial charge in [0.1, 0.15) is 5.50 Å². The monoisotopic (exact) mass is 206 g/mol. The highest BCUT2D eigenvalue weighted by Crippen LogP contribution is 2.24. The summed E-state index contributed by atoms with van der Waals surface area (Å²) in [6.07, 6.45) is 9.56. The van der Waals surface area contributed by atoms with Crippen molar-refractivity contribution in [3.63, 3.8) is 0 Å². The zero-order valence-electron chi connectivity index (χ0n) is 7.89. The maximum absolute atomic E-state index is 6.09. The maximum atomic E-state index is 6.09. The van der Waals surface area contributed by atoms with Gasteiger partial charge in [-0.1, -0.05) is 17.7 Å². The van der Waals surface area contributed by atoms with Crippen LogP contribution in [0.2, 0.25) is 0 Å². The molecule has 0 aromatic carbocycles. The summed E-state index contributed by atoms with van der Waals surface area (Å²) < 4.78 is 0. The van der Waals surface area contributed by atoms with Crippen LogP contribution in [-0.2, 0) is 0 Å². The Labute approximate surface area is 88.5 Å². The second kappa shape index (κ2) is 3.84. The number of aromatic nitrogens is 1. The fourth-order valence-corrected chi connectivity index (χ4v) is 1.62. The third-order valence-electron chi connectivity index (χ3n) is 2.23. The van der Waals surface area contributed by atoms with Gasteiger partial charge in [-0.25, -0.2) is 0 Å². The average molecular weight is 207 g/mol. The molecule has 0 saturated heterocycles. The van der Waals surface area contributed by atoms with E-state index in [-0.39, 0.29) is 5.50 Å². The Morgan fingerprint density at radius 2 is 2.36 bits per heavy atom. The van der Waals surface area contributed by atoms with Crippen LogP contribution in [0.25, 0.3) is 5.70 Å². The van der Waals surface area contributed by atoms with Gasteiger partial charge >= 0.3 is 0 Å². The highest BCUT2D eigenvalue weighted by molar-refractivity contribution is 6.22. The Morgan fingerprint density at radius 1 is 1.50 bits per heavy atom. The lowest BCUT2D eigenvalue weighted by Crippen LogP contribution is -2.25. The summed E-state index contributed by atoms with van der Waals surface area (Å²) in [5, 5.41) is 0. The molecule has 0 aliphatic carbocycles. The Morgan fingerprint density at radius 3 is 3.07 bits per heavy atom. The molecule has 72 valence electrons. The lowest BCUT2D eigenvalue weighted by atomic mass is 10.1. The first-order chi connectivity index (χ1) is 6.79. The van der Waals surface area contributed by atoms with Crippen molar-refractivity contribution in [2.24, 2.45) is 0 Å². The molecule has 2 nitrogen and oxygen atoms in total. The van der Waals surface area contributed by atoms with E-state index < -0.39 is 0 Å². The van der Waals surface area contributed by atoms with Crippen molar-refractivity contribution in [2.75, 3.05) is 7.05 Å². The number of hydrogen-bond acceptors (Lipinski definition) is 2. The molecule has 2 heterocycles. The van der Waals surface area contributed by atoms with Crippen molar-refractivity contribution in [2.45, 2.75) is 5.50 Å². The van der Waals surface area contributed by atoms with Crippen molar-refractivity contribution >= 4 is 17.3 Å². The standard InChI is InChI=1S/C11H11ClN2/c1-14-10(5-2-6-11(14)12)9-4-3-7-13-8-9/h2-8,11H,1H3. The average Bonchev–Trinajstić information content (AvgIpc) is 2.23. The predicted molar refractivity (Wildman–Crippen MR) is 58.8 cm³/mol. The van der Waals surface area contributed by atoms with E-state index in [0.717, 1.165) is 11.3 Å². The Bertz CT molecular complexity index is 370. The molecule has 0 bridgehead atoms. The summed E-state index contributed by atoms with van der Waals surface area (Å²) in [4.78, 5) is 6.10. The van der Waals surface area contributed by atoms with Crippen LogP contribution in [0.5, 0.6) is 0 Å². The Kier molecular flexibility index (Phi) is 2.55. The van der Waals surface area contributed by atoms with Gasteiger partial charge in [0.25, 0.3) is 0 Å². The fourth-order valence-electron chi connectivity index (χ4n) is 1.43. The van der Waals surface area contributed by atoms with Crippen molar-refractivity contribution < 1.29 is 0 Å². The van der Waals surface area contributed by atoms with Crippen LogP contribution in [-0.4, -0.2) is 22.4 Å². The van der Waals surface area contributed by atoms with Gasteiger partial charge in [0.05, 0.1) is 0 Å². The topological polar surface area (TPSA) is 16.1 Å². The van der Waals surface area contributed by atoms with Gasteiger partial charge in [-0.3, -0.25) is 4.98 Å². The van der Waals surface area contributed by atoms with E-state index in [2.05, 4.69) is 4.98 Å². The molecule has 2 rings (SSSR count). The second-order valence-corrected chi connectivity index (χ2v) is 3.61. The van der Waals surface area contributed by atoms with E-state index in [1.54, 1.807) is 6.20 Å². The number of halogens is 1. The molecular formula is C11H11ClN2. The molecule has 14 heavy (non-hydrogen) atoms. The van der Waals surface area contributed by atoms with Crippen molar-refractivity contribution in [3.05, 3.63) is 48.3 Å². The van der Waals surface area contributed by atoms with Gasteiger partial charge in [-0.2, -0.15) is 0 Å². The van der Waals surface area contributed by atoms with Crippen LogP contribution in [0.4, 0.5) is 0 Å². The van der Waals surface area contributed by atoms with Gasteiger partial charge in [0.2, 0.25) is 0 Å². The molecule has 0 amide bonds. The third kappa shape index (κ3) is 1.66. The number of hydrogen-bond donors (Lipinski definition) is 0. The molecule has 0 N–H and O–H groups in total. The molecule has 1 atom stereocenters. The molecule has 0 spiro atoms. The minimum Gasteiger partial charge on any atom is -0.355 e. The molecule has 0 saturated carbocycles. The van der Waals surface area contributed by atoms with E-state index in [1.165, 1.54) is 0 Å². The maximum Gasteiger partial charge on any atom is 0.123 e. The minimum absolute atomic E-state index is 0.0739. The first kappa shape index (κ1) is 9.28. The summed E-state index contributed by atoms with van der Waals surface area (Å²) in [6.45, 7) is 0. The van der Waals surface area contributed by atoms with E-state index in [0.29, 0.717) is 0 Å². The number of pyridine rings is 1. The van der Waals surface area contributed by atoms with E-state index in [1.807, 2.05) is 48.5 Å². The summed E-state index contributed by atoms with van der Waals surface area (Å²) in [5.74, 6) is 0. The smallest absolute Gasteiger partial charge is 0.123 e. The zero-order valence-corrected chi connectivity index (χ0v) is 8.65. The zero-order chi connectivity index (χ0) is 9.97. The van der Waals surface area contributed by atoms with Crippen molar-refractivity contribution in [1.82, 2.24) is 9.88 Å². The van der Waals surface area contributed by atoms with Gasteiger partial charge in [0, 0.05) is 30.7 Å². The van der Waals surface area contributed by atoms with Crippen LogP contribution < -0.4 is 0 Å². The summed E-state index contributed by atoms with van der Waals surface area (Å²) in [6, 6.07) is 3.95. The SMILES string of the molecule is CN1C(c2cccnc2)=CC=CC1Cl. The second-order valence-electron chi connectivity index (χ2n) is 3.16. The number of nitrogens with zero attached hydrogens (tertiary/aromatic N) is 2. The molecule has 0 radical (unpaired) electrons. The largest absolute Gasteiger partial charge is 0.355 e. The van der Waals surface area contributed by atoms with Gasteiger partial charge in [0.15, 0.2) is 0 Å². The third-order valence-corrected chi connectivity index (χ3v) is 2.67. The summed E-state index contributed by atoms with van der Waals surface area (Å²) >= 11 is 6.09. The molecular weight excluding hydrogens is 196 g/mol. The molecule has 3 heteroatoms. The van der Waals surface area contributed by atoms with Crippen molar-refractivity contribution in [1.29, 1.82) is 0 Å². The molecule has 1 aliphatic rings. The fraction of sp³-hybridized carbons (Fsp3) is 0.182. The molecule has 1 aromatic heterocycles. The van der Waals surface area contributed by atoms with Crippen LogP contribution in [0, 0.1) is 0 Å². The highest BCUT2D eigenvalue weighted by Gasteiger charge is 2.15. The summed E-state index contributed by atoms with van der Waals surface area (Å²) in [7, 11) is 1.97. The first-order valence-electron chi connectivity index (χ1n) is 4.45. The molecule has 1 aromatic rings.